The van der Waals surface area contributed by atoms with Crippen molar-refractivity contribution in [3.05, 3.63) is 17.5 Å². The second-order valence-corrected chi connectivity index (χ2v) is 5.60. The van der Waals surface area contributed by atoms with Crippen molar-refractivity contribution in [3.63, 3.8) is 0 Å². The van der Waals surface area contributed by atoms with Crippen LogP contribution in [-0.2, 0) is 7.05 Å². The van der Waals surface area contributed by atoms with E-state index in [-0.39, 0.29) is 0 Å². The number of hydrogen-bond acceptors (Lipinski definition) is 2. The van der Waals surface area contributed by atoms with Gasteiger partial charge in [0.2, 0.25) is 0 Å². The van der Waals surface area contributed by atoms with Gasteiger partial charge in [0.05, 0.1) is 5.69 Å². The maximum atomic E-state index is 4.42. The van der Waals surface area contributed by atoms with E-state index in [0.29, 0.717) is 12.1 Å². The van der Waals surface area contributed by atoms with Gasteiger partial charge in [-0.25, -0.2) is 0 Å². The van der Waals surface area contributed by atoms with Crippen LogP contribution in [0.25, 0.3) is 0 Å². The summed E-state index contributed by atoms with van der Waals surface area (Å²) in [6, 6.07) is 1.09. The van der Waals surface area contributed by atoms with E-state index in [0.717, 1.165) is 11.6 Å². The van der Waals surface area contributed by atoms with Gasteiger partial charge in [0.25, 0.3) is 0 Å². The van der Waals surface area contributed by atoms with E-state index in [2.05, 4.69) is 37.4 Å². The Kier molecular flexibility index (Phi) is 3.87. The predicted octanol–water partition coefficient (Wildman–Crippen LogP) is 2.96. The number of nitrogens with zero attached hydrogens (tertiary/aromatic N) is 2. The lowest BCUT2D eigenvalue weighted by Crippen LogP contribution is -2.38. The van der Waals surface area contributed by atoms with Crippen molar-refractivity contribution < 1.29 is 0 Å². The summed E-state index contributed by atoms with van der Waals surface area (Å²) in [6.45, 7) is 6.72. The third-order valence-corrected chi connectivity index (χ3v) is 4.09. The molecule has 3 heteroatoms. The fourth-order valence-corrected chi connectivity index (χ4v) is 3.02. The van der Waals surface area contributed by atoms with Gasteiger partial charge in [-0.2, -0.15) is 5.10 Å². The number of hydrogen-bond donors (Lipinski definition) is 1. The zero-order chi connectivity index (χ0) is 12.4. The van der Waals surface area contributed by atoms with Gasteiger partial charge in [0.1, 0.15) is 0 Å². The lowest BCUT2D eigenvalue weighted by atomic mass is 9.85. The first kappa shape index (κ1) is 12.6. The molecule has 1 saturated carbocycles. The highest BCUT2D eigenvalue weighted by atomic mass is 15.3. The molecule has 0 saturated heterocycles. The molecule has 1 aliphatic carbocycles. The molecule has 0 bridgehead atoms. The van der Waals surface area contributed by atoms with Crippen LogP contribution < -0.4 is 5.32 Å². The molecule has 3 unspecified atom stereocenters. The first-order chi connectivity index (χ1) is 8.08. The van der Waals surface area contributed by atoms with Crippen LogP contribution in [0.3, 0.4) is 0 Å². The lowest BCUT2D eigenvalue weighted by Gasteiger charge is -2.32. The van der Waals surface area contributed by atoms with E-state index < -0.39 is 0 Å². The molecule has 0 aromatic carbocycles. The highest BCUT2D eigenvalue weighted by Gasteiger charge is 2.23. The van der Waals surface area contributed by atoms with E-state index in [1.54, 1.807) is 0 Å². The summed E-state index contributed by atoms with van der Waals surface area (Å²) < 4.78 is 1.91. The molecule has 1 fully saturated rings. The first-order valence-electron chi connectivity index (χ1n) is 6.84. The number of rotatable bonds is 3. The second-order valence-electron chi connectivity index (χ2n) is 5.60. The number of nitrogens with one attached hydrogen (secondary N) is 1. The molecule has 0 radical (unpaired) electrons. The smallest absolute Gasteiger partial charge is 0.0641 e. The van der Waals surface area contributed by atoms with Gasteiger partial charge in [0.15, 0.2) is 0 Å². The van der Waals surface area contributed by atoms with Gasteiger partial charge in [0, 0.05) is 30.9 Å². The Hall–Kier alpha value is -0.830. The minimum atomic E-state index is 0.411. The van der Waals surface area contributed by atoms with Crippen molar-refractivity contribution in [1.82, 2.24) is 15.1 Å². The Bertz CT molecular complexity index is 370. The molecule has 3 atom stereocenters. The Morgan fingerprint density at radius 3 is 2.71 bits per heavy atom. The first-order valence-corrected chi connectivity index (χ1v) is 6.84. The topological polar surface area (TPSA) is 29.9 Å². The van der Waals surface area contributed by atoms with Crippen LogP contribution in [-0.4, -0.2) is 15.8 Å². The third-order valence-electron chi connectivity index (χ3n) is 4.09. The number of aryl methyl sites for hydroxylation is 2. The molecule has 1 heterocycles. The van der Waals surface area contributed by atoms with Crippen molar-refractivity contribution in [1.29, 1.82) is 0 Å². The maximum Gasteiger partial charge on any atom is 0.0641 e. The largest absolute Gasteiger partial charge is 0.307 e. The molecule has 1 aliphatic rings. The summed E-state index contributed by atoms with van der Waals surface area (Å²) in [5, 5.41) is 8.21. The summed E-state index contributed by atoms with van der Waals surface area (Å²) in [4.78, 5) is 0. The van der Waals surface area contributed by atoms with Gasteiger partial charge in [-0.3, -0.25) is 4.68 Å². The quantitative estimate of drug-likeness (QED) is 0.873. The van der Waals surface area contributed by atoms with Gasteiger partial charge < -0.3 is 5.32 Å². The highest BCUT2D eigenvalue weighted by molar-refractivity contribution is 5.19. The van der Waals surface area contributed by atoms with Crippen LogP contribution in [0, 0.1) is 12.8 Å². The summed E-state index contributed by atoms with van der Waals surface area (Å²) >= 11 is 0. The Balaban J connectivity index is 2.00. The molecular weight excluding hydrogens is 210 g/mol. The van der Waals surface area contributed by atoms with Crippen LogP contribution in [0.2, 0.25) is 0 Å². The molecule has 17 heavy (non-hydrogen) atoms. The predicted molar refractivity (Wildman–Crippen MR) is 70.9 cm³/mol. The van der Waals surface area contributed by atoms with Crippen LogP contribution in [0.4, 0.5) is 0 Å². The van der Waals surface area contributed by atoms with E-state index in [1.807, 2.05) is 11.7 Å². The van der Waals surface area contributed by atoms with Crippen LogP contribution in [0.15, 0.2) is 6.20 Å². The number of aromatic nitrogens is 2. The van der Waals surface area contributed by atoms with Crippen molar-refractivity contribution in [3.8, 4) is 0 Å². The third kappa shape index (κ3) is 2.89. The average molecular weight is 235 g/mol. The lowest BCUT2D eigenvalue weighted by molar-refractivity contribution is 0.263. The van der Waals surface area contributed by atoms with Crippen molar-refractivity contribution in [2.24, 2.45) is 13.0 Å². The Morgan fingerprint density at radius 2 is 2.12 bits per heavy atom. The normalized spacial score (nSPS) is 27.1. The monoisotopic (exact) mass is 235 g/mol. The molecule has 0 amide bonds. The highest BCUT2D eigenvalue weighted by Crippen LogP contribution is 2.26. The molecular formula is C14H25N3. The summed E-state index contributed by atoms with van der Waals surface area (Å²) in [6.07, 6.45) is 7.61. The molecule has 96 valence electrons. The van der Waals surface area contributed by atoms with Crippen LogP contribution in [0.1, 0.15) is 56.8 Å². The second kappa shape index (κ2) is 5.21. The van der Waals surface area contributed by atoms with Gasteiger partial charge >= 0.3 is 0 Å². The van der Waals surface area contributed by atoms with Crippen molar-refractivity contribution in [2.45, 2.75) is 58.5 Å². The van der Waals surface area contributed by atoms with E-state index in [1.165, 1.54) is 31.2 Å². The van der Waals surface area contributed by atoms with Gasteiger partial charge in [-0.05, 0) is 32.6 Å². The minimum absolute atomic E-state index is 0.411. The van der Waals surface area contributed by atoms with Gasteiger partial charge in [-0.15, -0.1) is 0 Å². The molecule has 2 rings (SSSR count). The standard InChI is InChI=1S/C14H25N3/c1-10-7-5-6-8-14(10)15-11(2)13-9-17(4)16-12(13)3/h9-11,14-15H,5-8H2,1-4H3. The summed E-state index contributed by atoms with van der Waals surface area (Å²) in [5.74, 6) is 0.808. The van der Waals surface area contributed by atoms with Crippen molar-refractivity contribution >= 4 is 0 Å². The molecule has 1 N–H and O–H groups in total. The summed E-state index contributed by atoms with van der Waals surface area (Å²) in [7, 11) is 1.99. The Labute approximate surface area is 105 Å². The summed E-state index contributed by atoms with van der Waals surface area (Å²) in [5.41, 5.74) is 2.49. The molecule has 1 aromatic heterocycles. The molecule has 3 nitrogen and oxygen atoms in total. The molecule has 0 aliphatic heterocycles. The Morgan fingerprint density at radius 1 is 1.41 bits per heavy atom. The average Bonchev–Trinajstić information content (AvgIpc) is 2.61. The van der Waals surface area contributed by atoms with Crippen LogP contribution in [0.5, 0.6) is 0 Å². The molecule has 0 spiro atoms. The van der Waals surface area contributed by atoms with E-state index in [4.69, 9.17) is 0 Å². The minimum Gasteiger partial charge on any atom is -0.307 e. The van der Waals surface area contributed by atoms with E-state index >= 15 is 0 Å². The zero-order valence-electron chi connectivity index (χ0n) is 11.5. The fourth-order valence-electron chi connectivity index (χ4n) is 3.02. The van der Waals surface area contributed by atoms with Gasteiger partial charge in [-0.1, -0.05) is 19.8 Å². The SMILES string of the molecule is Cc1nn(C)cc1C(C)NC1CCCCC1C. The molecule has 1 aromatic rings. The maximum absolute atomic E-state index is 4.42. The van der Waals surface area contributed by atoms with E-state index in [9.17, 15) is 0 Å². The van der Waals surface area contributed by atoms with Crippen molar-refractivity contribution in [2.75, 3.05) is 0 Å². The van der Waals surface area contributed by atoms with Crippen LogP contribution >= 0.6 is 0 Å². The zero-order valence-corrected chi connectivity index (χ0v) is 11.5. The fraction of sp³-hybridized carbons (Fsp3) is 0.786.